The van der Waals surface area contributed by atoms with Crippen molar-refractivity contribution in [3.63, 3.8) is 0 Å². The Hall–Kier alpha value is -2.31. The number of carbonyl (C=O) groups is 4. The van der Waals surface area contributed by atoms with Gasteiger partial charge in [-0.2, -0.15) is 0 Å². The summed E-state index contributed by atoms with van der Waals surface area (Å²) < 4.78 is 54.4. The molecule has 0 N–H and O–H groups in total. The zero-order valence-corrected chi connectivity index (χ0v) is 32.5. The second-order valence-corrected chi connectivity index (χ2v) is 24.7. The molecule has 0 aromatic heterocycles. The van der Waals surface area contributed by atoms with Crippen molar-refractivity contribution in [2.75, 3.05) is 13.2 Å². The topological polar surface area (TPSA) is 151 Å². The lowest BCUT2D eigenvalue weighted by molar-refractivity contribution is -0.327. The lowest BCUT2D eigenvalue weighted by Gasteiger charge is -2.47. The van der Waals surface area contributed by atoms with Gasteiger partial charge >= 0.3 is 23.9 Å². The predicted molar refractivity (Wildman–Crippen MR) is 176 cm³/mol. The van der Waals surface area contributed by atoms with Crippen LogP contribution in [0.3, 0.4) is 0 Å². The zero-order chi connectivity index (χ0) is 36.1. The van der Waals surface area contributed by atoms with E-state index >= 15 is 0 Å². The second-order valence-electron chi connectivity index (χ2n) is 15.1. The molecule has 2 rings (SSSR count). The van der Waals surface area contributed by atoms with Gasteiger partial charge in [0.1, 0.15) is 18.3 Å². The van der Waals surface area contributed by atoms with Crippen LogP contribution in [0.1, 0.15) is 69.2 Å². The van der Waals surface area contributed by atoms with Crippen LogP contribution in [0.2, 0.25) is 36.3 Å². The molecule has 0 radical (unpaired) electrons. The molecule has 0 bridgehead atoms. The Bertz CT molecular complexity index is 1140. The summed E-state index contributed by atoms with van der Waals surface area (Å²) in [7, 11) is -4.61. The van der Waals surface area contributed by atoms with Crippen LogP contribution in [0.4, 0.5) is 0 Å². The van der Waals surface area contributed by atoms with Gasteiger partial charge in [-0.1, -0.05) is 41.5 Å². The fourth-order valence-corrected chi connectivity index (χ4v) is 6.51. The number of hydrogen-bond donors (Lipinski definition) is 0. The number of hydrogen-bond acceptors (Lipinski definition) is 13. The van der Waals surface area contributed by atoms with Crippen molar-refractivity contribution in [1.82, 2.24) is 0 Å². The van der Waals surface area contributed by atoms with E-state index in [0.717, 1.165) is 0 Å². The molecule has 1 saturated heterocycles. The zero-order valence-electron chi connectivity index (χ0n) is 30.5. The van der Waals surface area contributed by atoms with E-state index in [1.165, 1.54) is 40.0 Å². The van der Waals surface area contributed by atoms with Gasteiger partial charge in [-0.3, -0.25) is 19.2 Å². The highest BCUT2D eigenvalue weighted by atomic mass is 28.4. The summed E-state index contributed by atoms with van der Waals surface area (Å²) in [5.74, 6) is -2.67. The molecule has 0 unspecified atom stereocenters. The van der Waals surface area contributed by atoms with Crippen molar-refractivity contribution in [3.05, 3.63) is 12.3 Å². The number of rotatable bonds is 12. The third kappa shape index (κ3) is 11.4. The maximum absolute atomic E-state index is 12.4. The molecule has 1 fully saturated rings. The van der Waals surface area contributed by atoms with Gasteiger partial charge < -0.3 is 42.0 Å². The summed E-state index contributed by atoms with van der Waals surface area (Å²) in [5, 5.41) is -0.263. The minimum absolute atomic E-state index is 0.0504. The summed E-state index contributed by atoms with van der Waals surface area (Å²) >= 11 is 0. The lowest BCUT2D eigenvalue weighted by Crippen LogP contribution is -2.65. The van der Waals surface area contributed by atoms with Gasteiger partial charge in [-0.05, 0) is 42.3 Å². The molecule has 8 atom stereocenters. The molecule has 13 nitrogen and oxygen atoms in total. The van der Waals surface area contributed by atoms with Crippen LogP contribution in [-0.4, -0.2) is 103 Å². The first-order valence-electron chi connectivity index (χ1n) is 16.0. The van der Waals surface area contributed by atoms with Gasteiger partial charge in [0.2, 0.25) is 0 Å². The monoisotopic (exact) mass is 704 g/mol. The molecule has 47 heavy (non-hydrogen) atoms. The van der Waals surface area contributed by atoms with E-state index in [1.54, 1.807) is 0 Å². The third-order valence-corrected chi connectivity index (χ3v) is 18.1. The molecule has 0 aromatic rings. The Morgan fingerprint density at radius 3 is 1.49 bits per heavy atom. The predicted octanol–water partition coefficient (Wildman–Crippen LogP) is 4.78. The maximum atomic E-state index is 12.4. The number of carbonyl (C=O) groups excluding carboxylic acids is 4. The highest BCUT2D eigenvalue weighted by molar-refractivity contribution is 6.74. The Morgan fingerprint density at radius 2 is 1.04 bits per heavy atom. The van der Waals surface area contributed by atoms with E-state index in [9.17, 15) is 19.2 Å². The van der Waals surface area contributed by atoms with Crippen LogP contribution in [0, 0.1) is 0 Å². The van der Waals surface area contributed by atoms with Crippen LogP contribution in [0.15, 0.2) is 12.3 Å². The Kier molecular flexibility index (Phi) is 13.9. The maximum Gasteiger partial charge on any atom is 0.303 e. The van der Waals surface area contributed by atoms with Crippen molar-refractivity contribution in [1.29, 1.82) is 0 Å². The highest BCUT2D eigenvalue weighted by Gasteiger charge is 2.55. The normalized spacial score (nSPS) is 28.6. The quantitative estimate of drug-likeness (QED) is 0.156. The van der Waals surface area contributed by atoms with Crippen molar-refractivity contribution < 1.29 is 61.2 Å². The van der Waals surface area contributed by atoms with Gasteiger partial charge in [0.05, 0.1) is 19.5 Å². The van der Waals surface area contributed by atoms with Gasteiger partial charge in [0.15, 0.2) is 47.3 Å². The highest BCUT2D eigenvalue weighted by Crippen LogP contribution is 2.39. The van der Waals surface area contributed by atoms with E-state index in [2.05, 4.69) is 67.7 Å². The van der Waals surface area contributed by atoms with E-state index in [0.29, 0.717) is 0 Å². The number of esters is 4. The molecule has 2 aliphatic heterocycles. The summed E-state index contributed by atoms with van der Waals surface area (Å²) in [6.45, 7) is 25.7. The minimum Gasteiger partial charge on any atom is -0.493 e. The number of ether oxygens (including phenoxy) is 7. The van der Waals surface area contributed by atoms with E-state index in [4.69, 9.17) is 42.0 Å². The molecule has 2 heterocycles. The summed E-state index contributed by atoms with van der Waals surface area (Å²) in [4.78, 5) is 49.3. The Morgan fingerprint density at radius 1 is 0.617 bits per heavy atom. The Labute approximate surface area is 281 Å². The fraction of sp³-hybridized carbons (Fsp3) is 0.812. The molecule has 0 aromatic carbocycles. The first kappa shape index (κ1) is 40.9. The van der Waals surface area contributed by atoms with Crippen molar-refractivity contribution in [2.45, 2.75) is 155 Å². The third-order valence-electron chi connectivity index (χ3n) is 9.13. The molecule has 0 spiro atoms. The van der Waals surface area contributed by atoms with Crippen LogP contribution >= 0.6 is 0 Å². The summed E-state index contributed by atoms with van der Waals surface area (Å²) in [6.07, 6.45) is -6.13. The van der Waals surface area contributed by atoms with Crippen molar-refractivity contribution >= 4 is 40.5 Å². The van der Waals surface area contributed by atoms with E-state index in [1.807, 2.05) is 0 Å². The molecule has 2 aliphatic rings. The molecular formula is C32H56O13Si2. The lowest BCUT2D eigenvalue weighted by atomic mass is 9.97. The smallest absolute Gasteiger partial charge is 0.303 e. The summed E-state index contributed by atoms with van der Waals surface area (Å²) in [5.41, 5.74) is 0. The first-order valence-corrected chi connectivity index (χ1v) is 21.8. The summed E-state index contributed by atoms with van der Waals surface area (Å²) in [6, 6.07) is 0. The molecule has 270 valence electrons. The van der Waals surface area contributed by atoms with Gasteiger partial charge in [-0.15, -0.1) is 0 Å². The standard InChI is InChI=1S/C32H56O13Si2/c1-19(33)40-23-15-16-37-24(17-38-46(11,12)31(5,6)7)26(23)45-30-29(43-22(4)36)28(42-21(3)35)27(41-20(2)34)25(44-30)18-39-47(13,14)32(8,9)10/h15-16,23-30H,17-18H2,1-14H3/t23-,24-,25-,26+,27+,28+,29-,30+/m1/s1. The molecule has 0 aliphatic carbocycles. The van der Waals surface area contributed by atoms with Crippen LogP contribution in [0.25, 0.3) is 0 Å². The first-order chi connectivity index (χ1) is 21.4. The van der Waals surface area contributed by atoms with Gasteiger partial charge in [0, 0.05) is 27.7 Å². The average Bonchev–Trinajstić information content (AvgIpc) is 2.88. The van der Waals surface area contributed by atoms with Gasteiger partial charge in [-0.25, -0.2) is 0 Å². The van der Waals surface area contributed by atoms with Crippen molar-refractivity contribution in [3.8, 4) is 0 Å². The SMILES string of the molecule is CC(=O)O[C@H]1[C@@H](OC(C)=O)[C@@H](CO[Si](C)(C)C(C)(C)C)O[C@@H](O[C@H]2[C@H](OC(C)=O)C=CO[C@@H]2CO[Si](C)(C)C(C)(C)C)[C@@H]1OC(C)=O. The fourth-order valence-electron chi connectivity index (χ4n) is 4.49. The van der Waals surface area contributed by atoms with E-state index < -0.39 is 89.5 Å². The molecule has 0 saturated carbocycles. The van der Waals surface area contributed by atoms with Crippen LogP contribution < -0.4 is 0 Å². The van der Waals surface area contributed by atoms with Crippen LogP contribution in [0.5, 0.6) is 0 Å². The minimum atomic E-state index is -2.36. The Balaban J connectivity index is 2.60. The van der Waals surface area contributed by atoms with Crippen molar-refractivity contribution in [2.24, 2.45) is 0 Å². The largest absolute Gasteiger partial charge is 0.493 e. The second kappa shape index (κ2) is 15.9. The molecular weight excluding hydrogens is 649 g/mol. The van der Waals surface area contributed by atoms with E-state index in [-0.39, 0.29) is 23.3 Å². The van der Waals surface area contributed by atoms with Gasteiger partial charge in [0.25, 0.3) is 0 Å². The van der Waals surface area contributed by atoms with Crippen LogP contribution in [-0.2, 0) is 61.2 Å². The molecule has 15 heteroatoms. The average molecular weight is 705 g/mol. The molecule has 0 amide bonds.